The topological polar surface area (TPSA) is 51.2 Å². The van der Waals surface area contributed by atoms with Crippen LogP contribution in [0.15, 0.2) is 65.1 Å². The van der Waals surface area contributed by atoms with Crippen molar-refractivity contribution in [1.29, 1.82) is 0 Å². The Morgan fingerprint density at radius 1 is 1.00 bits per heavy atom. The largest absolute Gasteiger partial charge is 0.459 e. The van der Waals surface area contributed by atoms with Crippen LogP contribution in [0.1, 0.15) is 30.2 Å². The molecule has 3 N–H and O–H groups in total. The number of rotatable bonds is 4. The molecular weight excluding hydrogens is 260 g/mol. The normalized spacial score (nSPS) is 17.8. The Kier molecular flexibility index (Phi) is 2.84. The van der Waals surface area contributed by atoms with Crippen molar-refractivity contribution in [2.24, 2.45) is 5.84 Å². The molecule has 1 aliphatic rings. The summed E-state index contributed by atoms with van der Waals surface area (Å²) in [4.78, 5) is 0. The fraction of sp³-hybridized carbons (Fsp3) is 0.222. The number of hydrogen-bond donors (Lipinski definition) is 2. The Labute approximate surface area is 123 Å². The van der Waals surface area contributed by atoms with E-state index in [9.17, 15) is 0 Å². The number of furan rings is 1. The smallest absolute Gasteiger partial charge is 0.134 e. The molecule has 0 bridgehead atoms. The summed E-state index contributed by atoms with van der Waals surface area (Å²) in [6, 6.07) is 20.8. The molecule has 3 aromatic rings. The van der Waals surface area contributed by atoms with E-state index in [2.05, 4.69) is 41.8 Å². The van der Waals surface area contributed by atoms with E-state index in [0.717, 1.165) is 29.6 Å². The van der Waals surface area contributed by atoms with Crippen molar-refractivity contribution in [3.8, 4) is 0 Å². The molecule has 106 valence electrons. The minimum Gasteiger partial charge on any atom is -0.459 e. The Morgan fingerprint density at radius 3 is 2.38 bits per heavy atom. The van der Waals surface area contributed by atoms with Crippen molar-refractivity contribution < 1.29 is 4.42 Å². The zero-order valence-corrected chi connectivity index (χ0v) is 11.8. The Morgan fingerprint density at radius 2 is 1.71 bits per heavy atom. The van der Waals surface area contributed by atoms with Gasteiger partial charge in [0, 0.05) is 10.8 Å². The molecule has 1 unspecified atom stereocenters. The summed E-state index contributed by atoms with van der Waals surface area (Å²) >= 11 is 0. The van der Waals surface area contributed by atoms with E-state index in [1.54, 1.807) is 0 Å². The summed E-state index contributed by atoms with van der Waals surface area (Å²) in [5, 5.41) is 1.12. The molecule has 0 amide bonds. The van der Waals surface area contributed by atoms with Crippen molar-refractivity contribution in [2.75, 3.05) is 0 Å². The first kappa shape index (κ1) is 12.6. The van der Waals surface area contributed by atoms with Crippen molar-refractivity contribution in [3.63, 3.8) is 0 Å². The number of fused-ring (bicyclic) bond motifs is 1. The van der Waals surface area contributed by atoms with E-state index in [1.807, 2.05) is 24.3 Å². The fourth-order valence-corrected chi connectivity index (χ4v) is 3.31. The van der Waals surface area contributed by atoms with Crippen LogP contribution < -0.4 is 11.3 Å². The van der Waals surface area contributed by atoms with Gasteiger partial charge in [-0.05, 0) is 30.5 Å². The molecule has 4 rings (SSSR count). The molecule has 0 spiro atoms. The lowest BCUT2D eigenvalue weighted by molar-refractivity contribution is 0.367. The highest BCUT2D eigenvalue weighted by molar-refractivity contribution is 5.77. The maximum Gasteiger partial charge on any atom is 0.134 e. The molecule has 0 radical (unpaired) electrons. The van der Waals surface area contributed by atoms with E-state index >= 15 is 0 Å². The Hall–Kier alpha value is -2.10. The maximum absolute atomic E-state index is 6.03. The van der Waals surface area contributed by atoms with Gasteiger partial charge in [-0.1, -0.05) is 48.5 Å². The van der Waals surface area contributed by atoms with Crippen molar-refractivity contribution in [3.05, 3.63) is 72.0 Å². The van der Waals surface area contributed by atoms with Crippen LogP contribution in [0.5, 0.6) is 0 Å². The number of hydrogen-bond acceptors (Lipinski definition) is 3. The van der Waals surface area contributed by atoms with Gasteiger partial charge in [-0.2, -0.15) is 0 Å². The molecule has 1 aromatic heterocycles. The zero-order valence-electron chi connectivity index (χ0n) is 11.8. The highest BCUT2D eigenvalue weighted by atomic mass is 16.3. The number of nitrogens with two attached hydrogens (primary N) is 1. The van der Waals surface area contributed by atoms with Crippen molar-refractivity contribution in [2.45, 2.75) is 24.3 Å². The molecule has 1 atom stereocenters. The average molecular weight is 278 g/mol. The third kappa shape index (κ3) is 1.97. The third-order valence-electron chi connectivity index (χ3n) is 4.59. The lowest BCUT2D eigenvalue weighted by atomic mass is 9.87. The van der Waals surface area contributed by atoms with Crippen LogP contribution in [0.4, 0.5) is 0 Å². The van der Waals surface area contributed by atoms with Crippen LogP contribution in [0.25, 0.3) is 11.0 Å². The van der Waals surface area contributed by atoms with Crippen LogP contribution in [-0.4, -0.2) is 0 Å². The first-order chi connectivity index (χ1) is 10.3. The van der Waals surface area contributed by atoms with Crippen LogP contribution in [-0.2, 0) is 5.41 Å². The van der Waals surface area contributed by atoms with Crippen LogP contribution >= 0.6 is 0 Å². The lowest BCUT2D eigenvalue weighted by Gasteiger charge is -2.25. The highest BCUT2D eigenvalue weighted by Gasteiger charge is 2.52. The van der Waals surface area contributed by atoms with Gasteiger partial charge in [-0.3, -0.25) is 5.84 Å². The lowest BCUT2D eigenvalue weighted by Crippen LogP contribution is -2.36. The number of benzene rings is 2. The van der Waals surface area contributed by atoms with Crippen molar-refractivity contribution in [1.82, 2.24) is 5.43 Å². The summed E-state index contributed by atoms with van der Waals surface area (Å²) in [5.74, 6) is 6.80. The molecule has 3 heteroatoms. The Bertz CT molecular complexity index is 726. The molecule has 3 nitrogen and oxygen atoms in total. The fourth-order valence-electron chi connectivity index (χ4n) is 3.31. The van der Waals surface area contributed by atoms with E-state index < -0.39 is 0 Å². The molecule has 0 aliphatic heterocycles. The molecule has 0 saturated heterocycles. The van der Waals surface area contributed by atoms with E-state index in [4.69, 9.17) is 10.3 Å². The molecule has 1 aliphatic carbocycles. The molecule has 1 fully saturated rings. The molecule has 1 saturated carbocycles. The van der Waals surface area contributed by atoms with Gasteiger partial charge in [0.2, 0.25) is 0 Å². The zero-order chi connectivity index (χ0) is 14.3. The van der Waals surface area contributed by atoms with Gasteiger partial charge in [-0.15, -0.1) is 0 Å². The summed E-state index contributed by atoms with van der Waals surface area (Å²) in [5.41, 5.74) is 5.29. The quantitative estimate of drug-likeness (QED) is 0.565. The highest BCUT2D eigenvalue weighted by Crippen LogP contribution is 2.56. The van der Waals surface area contributed by atoms with Crippen molar-refractivity contribution >= 4 is 11.0 Å². The number of nitrogens with one attached hydrogen (secondary N) is 1. The second-order valence-corrected chi connectivity index (χ2v) is 5.81. The van der Waals surface area contributed by atoms with Gasteiger partial charge in [-0.25, -0.2) is 5.43 Å². The minimum absolute atomic E-state index is 0.00676. The summed E-state index contributed by atoms with van der Waals surface area (Å²) < 4.78 is 6.03. The second kappa shape index (κ2) is 4.72. The second-order valence-electron chi connectivity index (χ2n) is 5.81. The predicted octanol–water partition coefficient (Wildman–Crippen LogP) is 3.67. The molecule has 1 heterocycles. The van der Waals surface area contributed by atoms with Gasteiger partial charge >= 0.3 is 0 Å². The number of para-hydroxylation sites is 1. The molecular formula is C18H18N2O. The monoisotopic (exact) mass is 278 g/mol. The van der Waals surface area contributed by atoms with Crippen LogP contribution in [0.3, 0.4) is 0 Å². The summed E-state index contributed by atoms with van der Waals surface area (Å²) in [6.07, 6.45) is 2.26. The van der Waals surface area contributed by atoms with Gasteiger partial charge in [0.25, 0.3) is 0 Å². The minimum atomic E-state index is 0.00676. The van der Waals surface area contributed by atoms with E-state index in [0.29, 0.717) is 0 Å². The summed E-state index contributed by atoms with van der Waals surface area (Å²) in [6.45, 7) is 0. The predicted molar refractivity (Wildman–Crippen MR) is 83.6 cm³/mol. The Balaban J connectivity index is 1.78. The number of hydrazine groups is 1. The van der Waals surface area contributed by atoms with Gasteiger partial charge in [0.1, 0.15) is 11.3 Å². The standard InChI is InChI=1S/C18H18N2O/c19-20-17(16-12-13-6-4-5-9-15(13)21-16)18(10-11-18)14-7-2-1-3-8-14/h1-9,12,17,20H,10-11,19H2. The summed E-state index contributed by atoms with van der Waals surface area (Å²) in [7, 11) is 0. The molecule has 2 aromatic carbocycles. The maximum atomic E-state index is 6.03. The van der Waals surface area contributed by atoms with Crippen LogP contribution in [0, 0.1) is 0 Å². The van der Waals surface area contributed by atoms with Gasteiger partial charge in [0.05, 0.1) is 6.04 Å². The van der Waals surface area contributed by atoms with Gasteiger partial charge in [0.15, 0.2) is 0 Å². The van der Waals surface area contributed by atoms with E-state index in [1.165, 1.54) is 5.56 Å². The van der Waals surface area contributed by atoms with Crippen LogP contribution in [0.2, 0.25) is 0 Å². The molecule has 21 heavy (non-hydrogen) atoms. The first-order valence-electron chi connectivity index (χ1n) is 7.34. The first-order valence-corrected chi connectivity index (χ1v) is 7.34. The van der Waals surface area contributed by atoms with Gasteiger partial charge < -0.3 is 4.42 Å². The average Bonchev–Trinajstić information content (AvgIpc) is 3.22. The third-order valence-corrected chi connectivity index (χ3v) is 4.59. The van der Waals surface area contributed by atoms with E-state index in [-0.39, 0.29) is 11.5 Å². The SMILES string of the molecule is NNC(c1cc2ccccc2o1)C1(c2ccccc2)CC1.